The molecule has 1 atom stereocenters. The summed E-state index contributed by atoms with van der Waals surface area (Å²) in [6.07, 6.45) is 5.12. The third kappa shape index (κ3) is 5.10. The summed E-state index contributed by atoms with van der Waals surface area (Å²) in [6.45, 7) is 7.28. The molecule has 3 nitrogen and oxygen atoms in total. The summed E-state index contributed by atoms with van der Waals surface area (Å²) in [5.74, 6) is 1.02. The maximum Gasteiger partial charge on any atom is 0.0171 e. The lowest BCUT2D eigenvalue weighted by atomic mass is 10.1. The van der Waals surface area contributed by atoms with Crippen LogP contribution < -0.4 is 5.73 Å². The molecule has 1 saturated heterocycles. The smallest absolute Gasteiger partial charge is 0.0171 e. The first-order chi connectivity index (χ1) is 10.3. The molecule has 0 amide bonds. The molecule has 1 aliphatic heterocycles. The van der Waals surface area contributed by atoms with E-state index in [0.717, 1.165) is 25.3 Å². The maximum absolute atomic E-state index is 6.32. The van der Waals surface area contributed by atoms with Crippen molar-refractivity contribution in [1.29, 1.82) is 0 Å². The Labute approximate surface area is 129 Å². The molecule has 1 saturated carbocycles. The van der Waals surface area contributed by atoms with Gasteiger partial charge in [0.15, 0.2) is 0 Å². The van der Waals surface area contributed by atoms with Crippen molar-refractivity contribution in [2.75, 3.05) is 39.3 Å². The largest absolute Gasteiger partial charge is 0.327 e. The van der Waals surface area contributed by atoms with E-state index in [1.807, 2.05) is 0 Å². The molecule has 3 heteroatoms. The summed E-state index contributed by atoms with van der Waals surface area (Å²) >= 11 is 0. The van der Waals surface area contributed by atoms with Crippen LogP contribution in [0.1, 0.15) is 24.8 Å². The highest BCUT2D eigenvalue weighted by atomic mass is 15.3. The molecule has 2 aliphatic rings. The van der Waals surface area contributed by atoms with Crippen molar-refractivity contribution in [2.24, 2.45) is 11.7 Å². The first kappa shape index (κ1) is 15.0. The Balaban J connectivity index is 1.32. The van der Waals surface area contributed by atoms with Crippen LogP contribution in [0.3, 0.4) is 0 Å². The van der Waals surface area contributed by atoms with Gasteiger partial charge < -0.3 is 10.6 Å². The molecule has 2 fully saturated rings. The molecule has 1 aromatic carbocycles. The van der Waals surface area contributed by atoms with Gasteiger partial charge in [0, 0.05) is 45.3 Å². The maximum atomic E-state index is 6.32. The van der Waals surface area contributed by atoms with Crippen LogP contribution in [0, 0.1) is 5.92 Å². The molecule has 116 valence electrons. The molecule has 0 spiro atoms. The van der Waals surface area contributed by atoms with Crippen molar-refractivity contribution < 1.29 is 0 Å². The third-order valence-corrected chi connectivity index (χ3v) is 4.82. The molecule has 0 aromatic heterocycles. The van der Waals surface area contributed by atoms with Gasteiger partial charge in [0.2, 0.25) is 0 Å². The van der Waals surface area contributed by atoms with Gasteiger partial charge in [-0.1, -0.05) is 30.3 Å². The zero-order valence-corrected chi connectivity index (χ0v) is 13.1. The fourth-order valence-corrected chi connectivity index (χ4v) is 3.24. The minimum atomic E-state index is 0.306. The van der Waals surface area contributed by atoms with Crippen LogP contribution in [0.5, 0.6) is 0 Å². The van der Waals surface area contributed by atoms with Gasteiger partial charge in [-0.3, -0.25) is 4.90 Å². The van der Waals surface area contributed by atoms with Gasteiger partial charge in [0.05, 0.1) is 0 Å². The zero-order valence-electron chi connectivity index (χ0n) is 13.1. The van der Waals surface area contributed by atoms with Crippen molar-refractivity contribution in [1.82, 2.24) is 9.80 Å². The Morgan fingerprint density at radius 3 is 2.33 bits per heavy atom. The lowest BCUT2D eigenvalue weighted by Gasteiger charge is -2.36. The van der Waals surface area contributed by atoms with Gasteiger partial charge in [0.1, 0.15) is 0 Å². The molecule has 21 heavy (non-hydrogen) atoms. The summed E-state index contributed by atoms with van der Waals surface area (Å²) in [6, 6.07) is 11.0. The van der Waals surface area contributed by atoms with Crippen LogP contribution in [0.25, 0.3) is 0 Å². The average molecular weight is 287 g/mol. The summed E-state index contributed by atoms with van der Waals surface area (Å²) in [5.41, 5.74) is 7.73. The molecule has 3 rings (SSSR count). The highest BCUT2D eigenvalue weighted by molar-refractivity contribution is 5.14. The fourth-order valence-electron chi connectivity index (χ4n) is 3.24. The van der Waals surface area contributed by atoms with Gasteiger partial charge in [0.25, 0.3) is 0 Å². The summed E-state index contributed by atoms with van der Waals surface area (Å²) in [4.78, 5) is 5.20. The number of piperazine rings is 1. The second kappa shape index (κ2) is 7.39. The van der Waals surface area contributed by atoms with E-state index in [0.29, 0.717) is 6.04 Å². The summed E-state index contributed by atoms with van der Waals surface area (Å²) in [7, 11) is 0. The molecular weight excluding hydrogens is 258 g/mol. The number of aryl methyl sites for hydroxylation is 1. The lowest BCUT2D eigenvalue weighted by molar-refractivity contribution is 0.122. The van der Waals surface area contributed by atoms with Crippen LogP contribution in [0.4, 0.5) is 0 Å². The van der Waals surface area contributed by atoms with Gasteiger partial charge >= 0.3 is 0 Å². The topological polar surface area (TPSA) is 32.5 Å². The third-order valence-electron chi connectivity index (χ3n) is 4.82. The molecule has 1 aliphatic carbocycles. The van der Waals surface area contributed by atoms with Crippen molar-refractivity contribution in [3.05, 3.63) is 35.9 Å². The Kier molecular flexibility index (Phi) is 5.28. The summed E-state index contributed by atoms with van der Waals surface area (Å²) in [5, 5.41) is 0. The Morgan fingerprint density at radius 1 is 1.00 bits per heavy atom. The predicted octanol–water partition coefficient (Wildman–Crippen LogP) is 1.97. The number of nitrogens with two attached hydrogens (primary N) is 1. The predicted molar refractivity (Wildman–Crippen MR) is 88.3 cm³/mol. The minimum Gasteiger partial charge on any atom is -0.327 e. The fraction of sp³-hybridized carbons (Fsp3) is 0.667. The van der Waals surface area contributed by atoms with E-state index in [4.69, 9.17) is 5.73 Å². The van der Waals surface area contributed by atoms with Crippen molar-refractivity contribution in [3.63, 3.8) is 0 Å². The average Bonchev–Trinajstić information content (AvgIpc) is 3.32. The normalized spacial score (nSPS) is 22.3. The number of benzene rings is 1. The number of hydrogen-bond donors (Lipinski definition) is 1. The van der Waals surface area contributed by atoms with E-state index < -0.39 is 0 Å². The standard InChI is InChI=1S/C18H29N3/c19-18(9-8-16-4-2-1-3-5-16)15-21-12-10-20(11-13-21)14-17-6-7-17/h1-5,17-18H,6-15,19H2. The Hall–Kier alpha value is -0.900. The number of rotatable bonds is 7. The van der Waals surface area contributed by atoms with E-state index in [1.54, 1.807) is 0 Å². The van der Waals surface area contributed by atoms with Crippen LogP contribution in [0.2, 0.25) is 0 Å². The quantitative estimate of drug-likeness (QED) is 0.832. The van der Waals surface area contributed by atoms with Gasteiger partial charge in [-0.15, -0.1) is 0 Å². The minimum absolute atomic E-state index is 0.306. The molecule has 0 radical (unpaired) electrons. The van der Waals surface area contributed by atoms with E-state index >= 15 is 0 Å². The monoisotopic (exact) mass is 287 g/mol. The second-order valence-electron chi connectivity index (χ2n) is 6.83. The van der Waals surface area contributed by atoms with Gasteiger partial charge in [-0.25, -0.2) is 0 Å². The van der Waals surface area contributed by atoms with Crippen molar-refractivity contribution >= 4 is 0 Å². The second-order valence-corrected chi connectivity index (χ2v) is 6.83. The number of hydrogen-bond acceptors (Lipinski definition) is 3. The highest BCUT2D eigenvalue weighted by Crippen LogP contribution is 2.29. The molecule has 1 heterocycles. The van der Waals surface area contributed by atoms with Crippen molar-refractivity contribution in [2.45, 2.75) is 31.7 Å². The van der Waals surface area contributed by atoms with Crippen molar-refractivity contribution in [3.8, 4) is 0 Å². The van der Waals surface area contributed by atoms with E-state index in [2.05, 4.69) is 40.1 Å². The first-order valence-corrected chi connectivity index (χ1v) is 8.54. The van der Waals surface area contributed by atoms with Gasteiger partial charge in [-0.05, 0) is 37.2 Å². The zero-order chi connectivity index (χ0) is 14.5. The molecule has 1 aromatic rings. The summed E-state index contributed by atoms with van der Waals surface area (Å²) < 4.78 is 0. The molecular formula is C18H29N3. The van der Waals surface area contributed by atoms with Crippen LogP contribution in [-0.2, 0) is 6.42 Å². The van der Waals surface area contributed by atoms with Crippen LogP contribution >= 0.6 is 0 Å². The van der Waals surface area contributed by atoms with E-state index in [1.165, 1.54) is 51.1 Å². The molecule has 1 unspecified atom stereocenters. The molecule has 2 N–H and O–H groups in total. The molecule has 0 bridgehead atoms. The van der Waals surface area contributed by atoms with E-state index in [9.17, 15) is 0 Å². The van der Waals surface area contributed by atoms with E-state index in [-0.39, 0.29) is 0 Å². The Morgan fingerprint density at radius 2 is 1.67 bits per heavy atom. The lowest BCUT2D eigenvalue weighted by Crippen LogP contribution is -2.50. The first-order valence-electron chi connectivity index (χ1n) is 8.54. The Bertz CT molecular complexity index is 408. The van der Waals surface area contributed by atoms with Crippen LogP contribution in [-0.4, -0.2) is 55.1 Å². The number of nitrogens with zero attached hydrogens (tertiary/aromatic N) is 2. The SMILES string of the molecule is NC(CCc1ccccc1)CN1CCN(CC2CC2)CC1. The van der Waals surface area contributed by atoms with Crippen LogP contribution in [0.15, 0.2) is 30.3 Å². The highest BCUT2D eigenvalue weighted by Gasteiger charge is 2.26. The van der Waals surface area contributed by atoms with Gasteiger partial charge in [-0.2, -0.15) is 0 Å².